The van der Waals surface area contributed by atoms with Crippen molar-refractivity contribution in [3.63, 3.8) is 0 Å². The quantitative estimate of drug-likeness (QED) is 0.626. The van der Waals surface area contributed by atoms with Crippen LogP contribution in [0.1, 0.15) is 30.5 Å². The summed E-state index contributed by atoms with van der Waals surface area (Å²) in [6.45, 7) is 4.41. The Balaban J connectivity index is 1.98. The van der Waals surface area contributed by atoms with Gasteiger partial charge in [-0.05, 0) is 37.0 Å². The van der Waals surface area contributed by atoms with Crippen molar-refractivity contribution in [1.29, 1.82) is 0 Å². The van der Waals surface area contributed by atoms with Gasteiger partial charge in [-0.1, -0.05) is 19.1 Å². The second kappa shape index (κ2) is 7.13. The third-order valence-electron chi connectivity index (χ3n) is 3.93. The van der Waals surface area contributed by atoms with Crippen LogP contribution in [0.5, 0.6) is 5.75 Å². The van der Waals surface area contributed by atoms with Gasteiger partial charge in [0.15, 0.2) is 0 Å². The fourth-order valence-electron chi connectivity index (χ4n) is 2.57. The first-order valence-electron chi connectivity index (χ1n) is 7.49. The number of nitrogens with one attached hydrogen (secondary N) is 1. The third kappa shape index (κ3) is 3.80. The Morgan fingerprint density at radius 3 is 2.61 bits per heavy atom. The average molecular weight is 318 g/mol. The summed E-state index contributed by atoms with van der Waals surface area (Å²) in [5.74, 6) is 1.62. The van der Waals surface area contributed by atoms with Gasteiger partial charge < -0.3 is 10.1 Å². The molecular weight excluding hydrogens is 296 g/mol. The number of ether oxygens (including phenoxy) is 1. The predicted molar refractivity (Wildman–Crippen MR) is 89.1 cm³/mol. The van der Waals surface area contributed by atoms with E-state index in [1.165, 1.54) is 10.2 Å². The molecule has 2 aromatic rings. The average Bonchev–Trinajstić information content (AvgIpc) is 2.81. The van der Waals surface area contributed by atoms with Gasteiger partial charge in [0.25, 0.3) is 0 Å². The molecule has 23 heavy (non-hydrogen) atoms. The highest BCUT2D eigenvalue weighted by Gasteiger charge is 2.23. The standard InChI is InChI=1S/C16H22N4O3/c1-11(13-5-7-14(23-4)8-6-13)9-10-17-16-15(20(21)22)12(2)18-19(16)3/h5-8,11,17H,9-10H2,1-4H3. The van der Waals surface area contributed by atoms with Gasteiger partial charge in [-0.3, -0.25) is 10.1 Å². The van der Waals surface area contributed by atoms with Gasteiger partial charge in [0.2, 0.25) is 5.82 Å². The Labute approximate surface area is 135 Å². The van der Waals surface area contributed by atoms with E-state index in [0.29, 0.717) is 24.0 Å². The molecule has 0 saturated heterocycles. The zero-order valence-corrected chi connectivity index (χ0v) is 13.9. The fraction of sp³-hybridized carbons (Fsp3) is 0.438. The highest BCUT2D eigenvalue weighted by Crippen LogP contribution is 2.28. The number of benzene rings is 1. The summed E-state index contributed by atoms with van der Waals surface area (Å²) < 4.78 is 6.67. The summed E-state index contributed by atoms with van der Waals surface area (Å²) >= 11 is 0. The molecule has 1 atom stereocenters. The minimum Gasteiger partial charge on any atom is -0.497 e. The molecule has 0 amide bonds. The first kappa shape index (κ1) is 16.8. The number of methoxy groups -OCH3 is 1. The topological polar surface area (TPSA) is 82.2 Å². The van der Waals surface area contributed by atoms with Crippen molar-refractivity contribution < 1.29 is 9.66 Å². The zero-order valence-electron chi connectivity index (χ0n) is 13.9. The summed E-state index contributed by atoms with van der Waals surface area (Å²) in [7, 11) is 3.35. The first-order valence-corrected chi connectivity index (χ1v) is 7.49. The van der Waals surface area contributed by atoms with Gasteiger partial charge in [0.1, 0.15) is 11.4 Å². The molecule has 1 unspecified atom stereocenters. The van der Waals surface area contributed by atoms with Crippen molar-refractivity contribution in [2.75, 3.05) is 19.0 Å². The molecule has 1 aromatic heterocycles. The van der Waals surface area contributed by atoms with Crippen molar-refractivity contribution in [3.05, 3.63) is 45.6 Å². The lowest BCUT2D eigenvalue weighted by molar-refractivity contribution is -0.384. The van der Waals surface area contributed by atoms with E-state index in [9.17, 15) is 10.1 Å². The minimum absolute atomic E-state index is 0.0459. The lowest BCUT2D eigenvalue weighted by atomic mass is 9.98. The number of hydrogen-bond acceptors (Lipinski definition) is 5. The maximum absolute atomic E-state index is 11.1. The van der Waals surface area contributed by atoms with Gasteiger partial charge in [-0.15, -0.1) is 0 Å². The van der Waals surface area contributed by atoms with Gasteiger partial charge in [-0.2, -0.15) is 5.10 Å². The van der Waals surface area contributed by atoms with Gasteiger partial charge >= 0.3 is 5.69 Å². The van der Waals surface area contributed by atoms with Crippen molar-refractivity contribution in [1.82, 2.24) is 9.78 Å². The molecule has 1 heterocycles. The van der Waals surface area contributed by atoms with Crippen molar-refractivity contribution in [2.45, 2.75) is 26.2 Å². The van der Waals surface area contributed by atoms with E-state index in [2.05, 4.69) is 17.3 Å². The summed E-state index contributed by atoms with van der Waals surface area (Å²) in [4.78, 5) is 10.7. The molecule has 0 fully saturated rings. The second-order valence-electron chi connectivity index (χ2n) is 5.55. The normalized spacial score (nSPS) is 12.0. The van der Waals surface area contributed by atoms with E-state index < -0.39 is 4.92 Å². The first-order chi connectivity index (χ1) is 10.9. The van der Waals surface area contributed by atoms with E-state index >= 15 is 0 Å². The number of aryl methyl sites for hydroxylation is 2. The number of rotatable bonds is 7. The summed E-state index contributed by atoms with van der Waals surface area (Å²) in [6.07, 6.45) is 0.855. The number of nitrogens with zero attached hydrogens (tertiary/aromatic N) is 3. The van der Waals surface area contributed by atoms with Crippen LogP contribution in [0.4, 0.5) is 11.5 Å². The van der Waals surface area contributed by atoms with Crippen LogP contribution in [-0.2, 0) is 7.05 Å². The van der Waals surface area contributed by atoms with Crippen LogP contribution in [0, 0.1) is 17.0 Å². The Morgan fingerprint density at radius 1 is 1.39 bits per heavy atom. The molecule has 0 aliphatic heterocycles. The van der Waals surface area contributed by atoms with Gasteiger partial charge in [-0.25, -0.2) is 4.68 Å². The highest BCUT2D eigenvalue weighted by molar-refractivity contribution is 5.59. The van der Waals surface area contributed by atoms with Crippen LogP contribution in [0.25, 0.3) is 0 Å². The Morgan fingerprint density at radius 2 is 2.04 bits per heavy atom. The molecule has 0 spiro atoms. The molecule has 1 N–H and O–H groups in total. The van der Waals surface area contributed by atoms with E-state index in [-0.39, 0.29) is 5.69 Å². The molecule has 7 nitrogen and oxygen atoms in total. The molecular formula is C16H22N4O3. The Hall–Kier alpha value is -2.57. The highest BCUT2D eigenvalue weighted by atomic mass is 16.6. The molecule has 0 saturated carbocycles. The lowest BCUT2D eigenvalue weighted by Crippen LogP contribution is -2.10. The van der Waals surface area contributed by atoms with E-state index in [4.69, 9.17) is 4.74 Å². The van der Waals surface area contributed by atoms with Crippen LogP contribution in [0.3, 0.4) is 0 Å². The van der Waals surface area contributed by atoms with Crippen LogP contribution in [0.2, 0.25) is 0 Å². The van der Waals surface area contributed by atoms with E-state index in [1.807, 2.05) is 24.3 Å². The maximum atomic E-state index is 11.1. The monoisotopic (exact) mass is 318 g/mol. The zero-order chi connectivity index (χ0) is 17.0. The largest absolute Gasteiger partial charge is 0.497 e. The second-order valence-corrected chi connectivity index (χ2v) is 5.55. The Kier molecular flexibility index (Phi) is 5.20. The number of aromatic nitrogens is 2. The van der Waals surface area contributed by atoms with Crippen LogP contribution in [0.15, 0.2) is 24.3 Å². The van der Waals surface area contributed by atoms with Crippen molar-refractivity contribution >= 4 is 11.5 Å². The maximum Gasteiger partial charge on any atom is 0.333 e. The van der Waals surface area contributed by atoms with Crippen LogP contribution in [-0.4, -0.2) is 28.4 Å². The molecule has 0 radical (unpaired) electrons. The molecule has 0 aliphatic carbocycles. The van der Waals surface area contributed by atoms with Crippen LogP contribution < -0.4 is 10.1 Å². The number of hydrogen-bond donors (Lipinski definition) is 1. The van der Waals surface area contributed by atoms with Gasteiger partial charge in [0, 0.05) is 13.6 Å². The van der Waals surface area contributed by atoms with Gasteiger partial charge in [0.05, 0.1) is 12.0 Å². The summed E-state index contributed by atoms with van der Waals surface area (Å²) in [5.41, 5.74) is 1.68. The smallest absolute Gasteiger partial charge is 0.333 e. The van der Waals surface area contributed by atoms with Crippen molar-refractivity contribution in [3.8, 4) is 5.75 Å². The molecule has 124 valence electrons. The van der Waals surface area contributed by atoms with E-state index in [1.54, 1.807) is 21.1 Å². The lowest BCUT2D eigenvalue weighted by Gasteiger charge is -2.13. The number of nitro groups is 1. The fourth-order valence-corrected chi connectivity index (χ4v) is 2.57. The minimum atomic E-state index is -0.391. The number of anilines is 1. The summed E-state index contributed by atoms with van der Waals surface area (Å²) in [5, 5.41) is 18.4. The Bertz CT molecular complexity index is 679. The summed E-state index contributed by atoms with van der Waals surface area (Å²) in [6, 6.07) is 7.96. The molecule has 0 aliphatic rings. The molecule has 1 aromatic carbocycles. The molecule has 0 bridgehead atoms. The predicted octanol–water partition coefficient (Wildman–Crippen LogP) is 3.25. The van der Waals surface area contributed by atoms with E-state index in [0.717, 1.165) is 12.2 Å². The molecule has 7 heteroatoms. The molecule has 2 rings (SSSR count). The third-order valence-corrected chi connectivity index (χ3v) is 3.93. The van der Waals surface area contributed by atoms with Crippen LogP contribution >= 0.6 is 0 Å². The SMILES string of the molecule is COc1ccc(C(C)CCNc2c([N+](=O)[O-])c(C)nn2C)cc1. The van der Waals surface area contributed by atoms with Crippen molar-refractivity contribution in [2.24, 2.45) is 7.05 Å².